The molecule has 1 aliphatic rings. The number of carboxylic acids is 1. The highest BCUT2D eigenvalue weighted by atomic mass is 32.1. The van der Waals surface area contributed by atoms with Crippen molar-refractivity contribution >= 4 is 40.1 Å². The Balaban J connectivity index is 1.65. The summed E-state index contributed by atoms with van der Waals surface area (Å²) in [7, 11) is 4.30. The zero-order chi connectivity index (χ0) is 29.1. The van der Waals surface area contributed by atoms with Gasteiger partial charge in [-0.05, 0) is 72.4 Å². The minimum atomic E-state index is -1.33. The fourth-order valence-electron chi connectivity index (χ4n) is 4.50. The fraction of sp³-hybridized carbons (Fsp3) is 0.267. The van der Waals surface area contributed by atoms with Crippen LogP contribution in [0.25, 0.3) is 16.6 Å². The lowest BCUT2D eigenvalue weighted by molar-refractivity contribution is -0.130. The molecule has 1 heterocycles. The second-order valence-corrected chi connectivity index (χ2v) is 10.1. The highest BCUT2D eigenvalue weighted by Gasteiger charge is 2.27. The molecule has 1 aliphatic carbocycles. The van der Waals surface area contributed by atoms with Gasteiger partial charge in [0, 0.05) is 17.6 Å². The van der Waals surface area contributed by atoms with Crippen LogP contribution in [0, 0.1) is 11.7 Å². The summed E-state index contributed by atoms with van der Waals surface area (Å²) in [5, 5.41) is 10.4. The van der Waals surface area contributed by atoms with Gasteiger partial charge in [-0.2, -0.15) is 8.75 Å². The van der Waals surface area contributed by atoms with Crippen molar-refractivity contribution in [3.8, 4) is 23.0 Å². The zero-order valence-corrected chi connectivity index (χ0v) is 23.4. The number of ketones is 1. The van der Waals surface area contributed by atoms with Gasteiger partial charge in [0.25, 0.3) is 0 Å². The number of rotatable bonds is 12. The number of hydrogen-bond acceptors (Lipinski definition) is 9. The third-order valence-corrected chi connectivity index (χ3v) is 7.36. The lowest BCUT2D eigenvalue weighted by Gasteiger charge is -2.18. The van der Waals surface area contributed by atoms with Crippen LogP contribution in [0.2, 0.25) is 0 Å². The molecule has 1 aromatic heterocycles. The highest BCUT2D eigenvalue weighted by molar-refractivity contribution is 7.00. The molecule has 0 aliphatic heterocycles. The number of carbonyl (C=O) groups excluding carboxylic acids is 1. The molecule has 5 rings (SSSR count). The molecule has 41 heavy (non-hydrogen) atoms. The van der Waals surface area contributed by atoms with Crippen molar-refractivity contribution in [3.05, 3.63) is 76.6 Å². The first-order valence-corrected chi connectivity index (χ1v) is 13.5. The Morgan fingerprint density at radius 1 is 0.902 bits per heavy atom. The smallest absolute Gasteiger partial charge is 0.336 e. The molecule has 0 amide bonds. The lowest BCUT2D eigenvalue weighted by Crippen LogP contribution is -2.14. The Kier molecular flexibility index (Phi) is 8.16. The largest absolute Gasteiger partial charge is 0.494 e. The number of allylic oxidation sites excluding steroid dienone is 1. The monoisotopic (exact) mass is 578 g/mol. The molecule has 3 aromatic carbocycles. The molecule has 1 saturated carbocycles. The van der Waals surface area contributed by atoms with Crippen molar-refractivity contribution in [1.82, 2.24) is 8.75 Å². The van der Waals surface area contributed by atoms with Gasteiger partial charge in [-0.25, -0.2) is 9.18 Å². The van der Waals surface area contributed by atoms with Crippen molar-refractivity contribution < 1.29 is 38.0 Å². The van der Waals surface area contributed by atoms with Gasteiger partial charge >= 0.3 is 5.97 Å². The molecule has 1 N–H and O–H groups in total. The Labute approximate surface area is 239 Å². The molecule has 1 fully saturated rings. The van der Waals surface area contributed by atoms with Crippen molar-refractivity contribution in [2.24, 2.45) is 5.92 Å². The fourth-order valence-corrected chi connectivity index (χ4v) is 5.01. The average Bonchev–Trinajstić information content (AvgIpc) is 3.69. The quantitative estimate of drug-likeness (QED) is 0.169. The normalized spacial score (nSPS) is 13.5. The first-order valence-electron chi connectivity index (χ1n) is 12.8. The van der Waals surface area contributed by atoms with E-state index in [1.165, 1.54) is 33.5 Å². The molecular formula is C30H27FN2O7S. The van der Waals surface area contributed by atoms with E-state index in [4.69, 9.17) is 18.9 Å². The van der Waals surface area contributed by atoms with Gasteiger partial charge in [0.05, 0.1) is 45.2 Å². The molecule has 0 radical (unpaired) electrons. The lowest BCUT2D eigenvalue weighted by atomic mass is 9.89. The maximum absolute atomic E-state index is 14.6. The van der Waals surface area contributed by atoms with E-state index in [0.29, 0.717) is 46.4 Å². The molecule has 0 saturated heterocycles. The van der Waals surface area contributed by atoms with Gasteiger partial charge < -0.3 is 24.1 Å². The van der Waals surface area contributed by atoms with E-state index in [1.54, 1.807) is 30.3 Å². The summed E-state index contributed by atoms with van der Waals surface area (Å²) in [6, 6.07) is 11.9. The summed E-state index contributed by atoms with van der Waals surface area (Å²) in [4.78, 5) is 26.7. The van der Waals surface area contributed by atoms with Crippen LogP contribution < -0.4 is 18.9 Å². The number of carboxylic acid groups (broad SMARTS) is 1. The maximum atomic E-state index is 14.6. The Hall–Kier alpha value is -4.51. The third-order valence-electron chi connectivity index (χ3n) is 6.81. The third kappa shape index (κ3) is 5.99. The van der Waals surface area contributed by atoms with Gasteiger partial charge in [-0.15, -0.1) is 0 Å². The number of Topliss-reactive ketones (excluding diaryl/α,β-unsaturated/α-hetero) is 1. The average molecular weight is 579 g/mol. The second kappa shape index (κ2) is 11.9. The predicted octanol–water partition coefficient (Wildman–Crippen LogP) is 5.61. The number of fused-ring (bicyclic) bond motifs is 1. The van der Waals surface area contributed by atoms with Crippen LogP contribution in [0.5, 0.6) is 23.0 Å². The van der Waals surface area contributed by atoms with Gasteiger partial charge in [0.2, 0.25) is 5.75 Å². The molecule has 9 nitrogen and oxygen atoms in total. The van der Waals surface area contributed by atoms with E-state index >= 15 is 0 Å². The first-order chi connectivity index (χ1) is 19.8. The highest BCUT2D eigenvalue weighted by Crippen LogP contribution is 2.41. The van der Waals surface area contributed by atoms with Crippen molar-refractivity contribution in [2.45, 2.75) is 19.3 Å². The van der Waals surface area contributed by atoms with Crippen LogP contribution in [0.3, 0.4) is 0 Å². The summed E-state index contributed by atoms with van der Waals surface area (Å²) < 4.78 is 45.1. The Bertz CT molecular complexity index is 1640. The standard InChI is InChI=1S/C30H27FN2O7S/c1-37-24-9-7-19(13-21(24)31)28(34)20(27(30(35)36)18-6-8-22-23(14-18)33-41-32-22)10-17-11-25(38-2)29(26(12-17)39-3)40-15-16-4-5-16/h6-9,11-14,16H,4-5,10,15H2,1-3H3,(H,35,36). The summed E-state index contributed by atoms with van der Waals surface area (Å²) in [5.41, 5.74) is 1.55. The minimum Gasteiger partial charge on any atom is -0.494 e. The molecule has 11 heteroatoms. The van der Waals surface area contributed by atoms with Crippen molar-refractivity contribution in [3.63, 3.8) is 0 Å². The first kappa shape index (κ1) is 28.0. The number of hydrogen-bond donors (Lipinski definition) is 1. The van der Waals surface area contributed by atoms with Crippen molar-refractivity contribution in [2.75, 3.05) is 27.9 Å². The number of ether oxygens (including phenoxy) is 4. The molecule has 212 valence electrons. The summed E-state index contributed by atoms with van der Waals surface area (Å²) in [6.45, 7) is 0.524. The number of methoxy groups -OCH3 is 3. The Morgan fingerprint density at radius 3 is 2.17 bits per heavy atom. The van der Waals surface area contributed by atoms with Gasteiger partial charge in [-0.3, -0.25) is 4.79 Å². The number of benzene rings is 3. The maximum Gasteiger partial charge on any atom is 0.336 e. The number of halogens is 1. The minimum absolute atomic E-state index is 0.0308. The van der Waals surface area contributed by atoms with E-state index in [-0.39, 0.29) is 34.4 Å². The van der Waals surface area contributed by atoms with E-state index in [2.05, 4.69) is 8.75 Å². The SMILES string of the molecule is COc1ccc(C(=O)C(Cc2cc(OC)c(OCC3CC3)c(OC)c2)=C(C(=O)O)c2ccc3nsnc3c2)cc1F. The van der Waals surface area contributed by atoms with Crippen LogP contribution in [-0.4, -0.2) is 53.5 Å². The van der Waals surface area contributed by atoms with E-state index < -0.39 is 17.6 Å². The van der Waals surface area contributed by atoms with Crippen LogP contribution in [0.4, 0.5) is 4.39 Å². The second-order valence-electron chi connectivity index (χ2n) is 9.57. The molecule has 0 atom stereocenters. The van der Waals surface area contributed by atoms with Gasteiger partial charge in [0.15, 0.2) is 28.8 Å². The molecule has 0 bridgehead atoms. The van der Waals surface area contributed by atoms with Gasteiger partial charge in [-0.1, -0.05) is 6.07 Å². The van der Waals surface area contributed by atoms with Crippen LogP contribution in [0.15, 0.2) is 54.1 Å². The number of aromatic nitrogens is 2. The predicted molar refractivity (Wildman–Crippen MR) is 151 cm³/mol. The number of aliphatic carboxylic acids is 1. The summed E-state index contributed by atoms with van der Waals surface area (Å²) in [5.74, 6) is -1.08. The number of carbonyl (C=O) groups is 2. The van der Waals surface area contributed by atoms with Crippen LogP contribution in [-0.2, 0) is 11.2 Å². The Morgan fingerprint density at radius 2 is 1.56 bits per heavy atom. The van der Waals surface area contributed by atoms with E-state index in [0.717, 1.165) is 30.6 Å². The molecule has 0 spiro atoms. The number of nitrogens with zero attached hydrogens (tertiary/aromatic N) is 2. The summed E-state index contributed by atoms with van der Waals surface area (Å²) >= 11 is 0.996. The molecular weight excluding hydrogens is 551 g/mol. The molecule has 4 aromatic rings. The van der Waals surface area contributed by atoms with Crippen molar-refractivity contribution in [1.29, 1.82) is 0 Å². The van der Waals surface area contributed by atoms with E-state index in [9.17, 15) is 19.1 Å². The van der Waals surface area contributed by atoms with E-state index in [1.807, 2.05) is 0 Å². The summed E-state index contributed by atoms with van der Waals surface area (Å²) in [6.07, 6.45) is 2.08. The molecule has 0 unspecified atom stereocenters. The van der Waals surface area contributed by atoms with Crippen LogP contribution in [0.1, 0.15) is 34.3 Å². The van der Waals surface area contributed by atoms with Crippen LogP contribution >= 0.6 is 11.7 Å². The topological polar surface area (TPSA) is 117 Å². The zero-order valence-electron chi connectivity index (χ0n) is 22.6. The van der Waals surface area contributed by atoms with Gasteiger partial charge in [0.1, 0.15) is 11.0 Å².